The first-order valence-corrected chi connectivity index (χ1v) is 10.4. The van der Waals surface area contributed by atoms with Crippen molar-refractivity contribution >= 4 is 35.6 Å². The van der Waals surface area contributed by atoms with Crippen molar-refractivity contribution in [2.45, 2.75) is 50.3 Å². The Balaban J connectivity index is 0.00000218. The van der Waals surface area contributed by atoms with Crippen LogP contribution in [0.25, 0.3) is 5.65 Å². The SMILES string of the molecule is CN=C(NCc1cn2ccccc2n1)NC1CC2(CCCC2)Oc2ccccc21.I. The largest absolute Gasteiger partial charge is 0.487 e. The van der Waals surface area contributed by atoms with E-state index in [0.29, 0.717) is 6.54 Å². The minimum Gasteiger partial charge on any atom is -0.487 e. The van der Waals surface area contributed by atoms with Crippen molar-refractivity contribution in [3.8, 4) is 5.75 Å². The third-order valence-electron chi connectivity index (χ3n) is 6.10. The van der Waals surface area contributed by atoms with Gasteiger partial charge in [-0.25, -0.2) is 4.98 Å². The number of imidazole rings is 1. The van der Waals surface area contributed by atoms with Crippen LogP contribution < -0.4 is 15.4 Å². The molecule has 3 heterocycles. The summed E-state index contributed by atoms with van der Waals surface area (Å²) in [6.45, 7) is 0.622. The molecule has 2 aliphatic rings. The van der Waals surface area contributed by atoms with Crippen LogP contribution in [-0.4, -0.2) is 28.0 Å². The number of aliphatic imine (C=N–C) groups is 1. The quantitative estimate of drug-likeness (QED) is 0.306. The summed E-state index contributed by atoms with van der Waals surface area (Å²) in [5.74, 6) is 1.80. The smallest absolute Gasteiger partial charge is 0.191 e. The van der Waals surface area contributed by atoms with Crippen LogP contribution in [0.3, 0.4) is 0 Å². The van der Waals surface area contributed by atoms with Crippen LogP contribution in [-0.2, 0) is 6.54 Å². The van der Waals surface area contributed by atoms with Crippen molar-refractivity contribution in [2.75, 3.05) is 7.05 Å². The van der Waals surface area contributed by atoms with E-state index < -0.39 is 0 Å². The first kappa shape index (κ1) is 21.0. The Morgan fingerprint density at radius 2 is 2.00 bits per heavy atom. The second-order valence-electron chi connectivity index (χ2n) is 8.06. The topological polar surface area (TPSA) is 63.0 Å². The summed E-state index contributed by atoms with van der Waals surface area (Å²) in [7, 11) is 1.82. The van der Waals surface area contributed by atoms with Gasteiger partial charge in [-0.05, 0) is 43.9 Å². The van der Waals surface area contributed by atoms with Gasteiger partial charge in [0, 0.05) is 31.4 Å². The molecule has 2 N–H and O–H groups in total. The van der Waals surface area contributed by atoms with Crippen molar-refractivity contribution < 1.29 is 4.74 Å². The fraction of sp³-hybridized carbons (Fsp3) is 0.391. The monoisotopic (exact) mass is 517 g/mol. The van der Waals surface area contributed by atoms with E-state index in [9.17, 15) is 0 Å². The molecule has 158 valence electrons. The van der Waals surface area contributed by atoms with Crippen LogP contribution in [0.4, 0.5) is 0 Å². The third kappa shape index (κ3) is 4.12. The number of ether oxygens (including phenoxy) is 1. The highest BCUT2D eigenvalue weighted by molar-refractivity contribution is 14.0. The van der Waals surface area contributed by atoms with E-state index >= 15 is 0 Å². The lowest BCUT2D eigenvalue weighted by Gasteiger charge is -2.40. The standard InChI is InChI=1S/C23H27N5O.HI/c1-24-22(25-15-17-16-28-13-7-4-10-21(28)26-17)27-19-14-23(11-5-6-12-23)29-20-9-3-2-8-18(19)20;/h2-4,7-10,13,16,19H,5-6,11-12,14-15H2,1H3,(H2,24,25,27);1H. The van der Waals surface area contributed by atoms with E-state index in [1.165, 1.54) is 18.4 Å². The Labute approximate surface area is 194 Å². The van der Waals surface area contributed by atoms with Gasteiger partial charge in [-0.1, -0.05) is 24.3 Å². The molecule has 0 radical (unpaired) electrons. The summed E-state index contributed by atoms with van der Waals surface area (Å²) < 4.78 is 8.51. The molecule has 1 aliphatic heterocycles. The van der Waals surface area contributed by atoms with Crippen molar-refractivity contribution in [3.63, 3.8) is 0 Å². The van der Waals surface area contributed by atoms with Gasteiger partial charge < -0.3 is 19.8 Å². The maximum absolute atomic E-state index is 6.48. The van der Waals surface area contributed by atoms with Gasteiger partial charge >= 0.3 is 0 Å². The van der Waals surface area contributed by atoms with Crippen LogP contribution >= 0.6 is 24.0 Å². The minimum atomic E-state index is -0.0352. The number of hydrogen-bond acceptors (Lipinski definition) is 3. The Bertz CT molecular complexity index is 1010. The van der Waals surface area contributed by atoms with E-state index in [2.05, 4.69) is 44.9 Å². The highest BCUT2D eigenvalue weighted by Gasteiger charge is 2.43. The Morgan fingerprint density at radius 3 is 2.80 bits per heavy atom. The zero-order valence-corrected chi connectivity index (χ0v) is 19.5. The Hall–Kier alpha value is -2.29. The number of halogens is 1. The third-order valence-corrected chi connectivity index (χ3v) is 6.10. The average molecular weight is 517 g/mol. The van der Waals surface area contributed by atoms with Crippen LogP contribution in [0.5, 0.6) is 5.75 Å². The summed E-state index contributed by atoms with van der Waals surface area (Å²) in [4.78, 5) is 9.12. The molecule has 0 amide bonds. The molecule has 0 saturated heterocycles. The molecule has 6 nitrogen and oxygen atoms in total. The average Bonchev–Trinajstić information content (AvgIpc) is 3.37. The van der Waals surface area contributed by atoms with Crippen molar-refractivity contribution in [1.29, 1.82) is 0 Å². The zero-order valence-electron chi connectivity index (χ0n) is 17.2. The Morgan fingerprint density at radius 1 is 1.20 bits per heavy atom. The maximum Gasteiger partial charge on any atom is 0.191 e. The molecule has 1 aromatic carbocycles. The summed E-state index contributed by atoms with van der Waals surface area (Å²) >= 11 is 0. The van der Waals surface area contributed by atoms with E-state index in [0.717, 1.165) is 42.3 Å². The van der Waals surface area contributed by atoms with Crippen molar-refractivity contribution in [1.82, 2.24) is 20.0 Å². The summed E-state index contributed by atoms with van der Waals surface area (Å²) in [5.41, 5.74) is 3.11. The molecular formula is C23H28IN5O. The number of nitrogens with zero attached hydrogens (tertiary/aromatic N) is 3. The van der Waals surface area contributed by atoms with Gasteiger partial charge in [-0.15, -0.1) is 24.0 Å². The minimum absolute atomic E-state index is 0. The molecule has 2 aromatic heterocycles. The van der Waals surface area contributed by atoms with Gasteiger partial charge in [-0.2, -0.15) is 0 Å². The van der Waals surface area contributed by atoms with Crippen LogP contribution in [0.1, 0.15) is 49.4 Å². The van der Waals surface area contributed by atoms with Gasteiger partial charge in [0.25, 0.3) is 0 Å². The molecule has 1 fully saturated rings. The van der Waals surface area contributed by atoms with E-state index in [1.54, 1.807) is 0 Å². The van der Waals surface area contributed by atoms with Crippen molar-refractivity contribution in [2.24, 2.45) is 4.99 Å². The number of hydrogen-bond donors (Lipinski definition) is 2. The van der Waals surface area contributed by atoms with Crippen LogP contribution in [0.15, 0.2) is 59.9 Å². The molecule has 1 unspecified atom stereocenters. The molecule has 1 saturated carbocycles. The van der Waals surface area contributed by atoms with Gasteiger partial charge in [0.2, 0.25) is 0 Å². The van der Waals surface area contributed by atoms with Crippen molar-refractivity contribution in [3.05, 3.63) is 66.1 Å². The fourth-order valence-corrected chi connectivity index (χ4v) is 4.68. The number of benzene rings is 1. The number of fused-ring (bicyclic) bond motifs is 2. The summed E-state index contributed by atoms with van der Waals surface area (Å²) in [6.07, 6.45) is 9.79. The number of aromatic nitrogens is 2. The highest BCUT2D eigenvalue weighted by atomic mass is 127. The predicted molar refractivity (Wildman–Crippen MR) is 130 cm³/mol. The molecule has 0 bridgehead atoms. The lowest BCUT2D eigenvalue weighted by molar-refractivity contribution is 0.0396. The zero-order chi connectivity index (χ0) is 19.7. The van der Waals surface area contributed by atoms with Crippen LogP contribution in [0.2, 0.25) is 0 Å². The van der Waals surface area contributed by atoms with Gasteiger partial charge in [0.1, 0.15) is 17.0 Å². The second kappa shape index (κ2) is 8.83. The van der Waals surface area contributed by atoms with Gasteiger partial charge in [0.15, 0.2) is 5.96 Å². The van der Waals surface area contributed by atoms with Gasteiger partial charge in [0.05, 0.1) is 18.3 Å². The molecule has 30 heavy (non-hydrogen) atoms. The Kier molecular flexibility index (Phi) is 6.17. The normalized spacial score (nSPS) is 19.8. The molecule has 1 spiro atoms. The van der Waals surface area contributed by atoms with Gasteiger partial charge in [-0.3, -0.25) is 4.99 Å². The summed E-state index contributed by atoms with van der Waals surface area (Å²) in [5, 5.41) is 7.07. The van der Waals surface area contributed by atoms with Crippen LogP contribution in [0, 0.1) is 0 Å². The number of guanidine groups is 1. The first-order chi connectivity index (χ1) is 14.2. The predicted octanol–water partition coefficient (Wildman–Crippen LogP) is 4.45. The molecular weight excluding hydrogens is 489 g/mol. The highest BCUT2D eigenvalue weighted by Crippen LogP contribution is 2.46. The number of para-hydroxylation sites is 1. The number of pyridine rings is 1. The molecule has 3 aromatic rings. The second-order valence-corrected chi connectivity index (χ2v) is 8.06. The molecule has 7 heteroatoms. The van der Waals surface area contributed by atoms with E-state index in [1.807, 2.05) is 42.0 Å². The molecule has 1 atom stereocenters. The van der Waals surface area contributed by atoms with E-state index in [4.69, 9.17) is 4.74 Å². The molecule has 1 aliphatic carbocycles. The molecule has 5 rings (SSSR count). The first-order valence-electron chi connectivity index (χ1n) is 10.4. The maximum atomic E-state index is 6.48. The summed E-state index contributed by atoms with van der Waals surface area (Å²) in [6, 6.07) is 14.6. The number of nitrogens with one attached hydrogen (secondary N) is 2. The lowest BCUT2D eigenvalue weighted by Crippen LogP contribution is -2.46. The number of rotatable bonds is 3. The lowest BCUT2D eigenvalue weighted by atomic mass is 9.86. The van der Waals surface area contributed by atoms with E-state index in [-0.39, 0.29) is 35.6 Å². The fourth-order valence-electron chi connectivity index (χ4n) is 4.68.